The molecule has 0 radical (unpaired) electrons. The first-order chi connectivity index (χ1) is 13.2. The van der Waals surface area contributed by atoms with Crippen molar-refractivity contribution in [2.45, 2.75) is 32.9 Å². The summed E-state index contributed by atoms with van der Waals surface area (Å²) in [6.45, 7) is 5.14. The zero-order chi connectivity index (χ0) is 20.5. The minimum absolute atomic E-state index is 0.233. The summed E-state index contributed by atoms with van der Waals surface area (Å²) in [5, 5.41) is 5.55. The van der Waals surface area contributed by atoms with Crippen LogP contribution < -0.4 is 10.2 Å². The Morgan fingerprint density at radius 3 is 2.82 bits per heavy atom. The Labute approximate surface area is 158 Å². The number of carbonyl (C=O) groups is 2. The van der Waals surface area contributed by atoms with Gasteiger partial charge in [-0.1, -0.05) is 0 Å². The number of nitrogens with one attached hydrogen (secondary N) is 1. The summed E-state index contributed by atoms with van der Waals surface area (Å²) in [4.78, 5) is 29.1. The Hall–Kier alpha value is -2.85. The zero-order valence-corrected chi connectivity index (χ0v) is 15.4. The van der Waals surface area contributed by atoms with Crippen LogP contribution in [-0.2, 0) is 14.3 Å². The molecule has 2 aromatic heterocycles. The van der Waals surface area contributed by atoms with E-state index < -0.39 is 18.0 Å². The Morgan fingerprint density at radius 2 is 2.14 bits per heavy atom. The number of halogens is 3. The van der Waals surface area contributed by atoms with Crippen molar-refractivity contribution in [1.29, 1.82) is 0 Å². The van der Waals surface area contributed by atoms with Crippen LogP contribution >= 0.6 is 0 Å². The molecular weight excluding hydrogens is 379 g/mol. The number of anilines is 2. The molecule has 11 heteroatoms. The van der Waals surface area contributed by atoms with E-state index in [2.05, 4.69) is 10.1 Å². The lowest BCUT2D eigenvalue weighted by molar-refractivity contribution is -0.167. The van der Waals surface area contributed by atoms with Gasteiger partial charge in [-0.3, -0.25) is 14.9 Å². The molecular formula is C17H20F3N5O3. The summed E-state index contributed by atoms with van der Waals surface area (Å²) in [5.41, 5.74) is 1.93. The van der Waals surface area contributed by atoms with Crippen molar-refractivity contribution in [2.24, 2.45) is 5.92 Å². The van der Waals surface area contributed by atoms with E-state index >= 15 is 0 Å². The number of hydrogen-bond acceptors (Lipinski definition) is 6. The van der Waals surface area contributed by atoms with E-state index in [1.54, 1.807) is 24.5 Å². The second-order valence-corrected chi connectivity index (χ2v) is 6.57. The summed E-state index contributed by atoms with van der Waals surface area (Å²) in [6, 6.07) is 1.67. The van der Waals surface area contributed by atoms with Crippen LogP contribution in [0.1, 0.15) is 25.3 Å². The summed E-state index contributed by atoms with van der Waals surface area (Å²) in [7, 11) is 0. The van der Waals surface area contributed by atoms with E-state index in [0.717, 1.165) is 30.6 Å². The maximum Gasteiger partial charge on any atom is 0.471 e. The summed E-state index contributed by atoms with van der Waals surface area (Å²) in [6.07, 6.45) is -1.83. The van der Waals surface area contributed by atoms with Gasteiger partial charge in [-0.15, -0.1) is 5.10 Å². The lowest BCUT2D eigenvalue weighted by atomic mass is 9.97. The number of rotatable bonds is 4. The molecule has 3 rings (SSSR count). The fraction of sp³-hybridized carbons (Fsp3) is 0.529. The van der Waals surface area contributed by atoms with Gasteiger partial charge >= 0.3 is 18.1 Å². The molecule has 1 atom stereocenters. The van der Waals surface area contributed by atoms with E-state index in [4.69, 9.17) is 4.74 Å². The highest BCUT2D eigenvalue weighted by Crippen LogP contribution is 2.28. The van der Waals surface area contributed by atoms with Gasteiger partial charge in [0.1, 0.15) is 0 Å². The molecule has 0 bridgehead atoms. The van der Waals surface area contributed by atoms with Gasteiger partial charge in [0.05, 0.1) is 24.4 Å². The summed E-state index contributed by atoms with van der Waals surface area (Å²) < 4.78 is 43.6. The molecule has 3 heterocycles. The number of fused-ring (bicyclic) bond motifs is 1. The third kappa shape index (κ3) is 4.18. The minimum atomic E-state index is -5.02. The van der Waals surface area contributed by atoms with Gasteiger partial charge in [-0.05, 0) is 38.3 Å². The number of aromatic nitrogens is 3. The van der Waals surface area contributed by atoms with Crippen LogP contribution in [0.2, 0.25) is 0 Å². The molecule has 0 aliphatic carbocycles. The van der Waals surface area contributed by atoms with E-state index in [9.17, 15) is 22.8 Å². The number of piperidine rings is 1. The molecule has 1 aliphatic rings. The van der Waals surface area contributed by atoms with Crippen LogP contribution in [-0.4, -0.2) is 52.3 Å². The average Bonchev–Trinajstić information content (AvgIpc) is 3.01. The smallest absolute Gasteiger partial charge is 0.466 e. The number of alkyl halides is 3. The SMILES string of the molecule is CCOC(=O)C1CCCN(c2cn3nc(NC(=O)C(F)(F)F)nc3cc2C)C1. The van der Waals surface area contributed by atoms with Gasteiger partial charge in [0.2, 0.25) is 5.95 Å². The number of amides is 1. The van der Waals surface area contributed by atoms with Crippen molar-refractivity contribution >= 4 is 29.2 Å². The van der Waals surface area contributed by atoms with E-state index in [1.165, 1.54) is 4.52 Å². The second kappa shape index (κ2) is 7.64. The van der Waals surface area contributed by atoms with Crippen LogP contribution in [0.3, 0.4) is 0 Å². The predicted octanol–water partition coefficient (Wildman–Crippen LogP) is 2.32. The number of ether oxygens (including phenoxy) is 1. The average molecular weight is 399 g/mol. The first-order valence-electron chi connectivity index (χ1n) is 8.85. The Morgan fingerprint density at radius 1 is 1.39 bits per heavy atom. The molecule has 0 spiro atoms. The van der Waals surface area contributed by atoms with Crippen LogP contribution in [0.5, 0.6) is 0 Å². The van der Waals surface area contributed by atoms with Crippen LogP contribution in [0, 0.1) is 12.8 Å². The highest BCUT2D eigenvalue weighted by molar-refractivity contribution is 5.93. The van der Waals surface area contributed by atoms with Gasteiger partial charge in [0, 0.05) is 13.1 Å². The van der Waals surface area contributed by atoms with Gasteiger partial charge in [-0.2, -0.15) is 18.2 Å². The fourth-order valence-electron chi connectivity index (χ4n) is 3.22. The van der Waals surface area contributed by atoms with Crippen molar-refractivity contribution in [3.63, 3.8) is 0 Å². The molecule has 1 N–H and O–H groups in total. The van der Waals surface area contributed by atoms with Crippen molar-refractivity contribution in [3.05, 3.63) is 17.8 Å². The fourth-order valence-corrected chi connectivity index (χ4v) is 3.22. The molecule has 0 saturated carbocycles. The molecule has 152 valence electrons. The minimum Gasteiger partial charge on any atom is -0.466 e. The van der Waals surface area contributed by atoms with E-state index in [1.807, 2.05) is 11.8 Å². The van der Waals surface area contributed by atoms with Gasteiger partial charge < -0.3 is 9.64 Å². The van der Waals surface area contributed by atoms with E-state index in [-0.39, 0.29) is 11.9 Å². The molecule has 28 heavy (non-hydrogen) atoms. The number of aryl methyl sites for hydroxylation is 1. The molecule has 1 saturated heterocycles. The number of hydrogen-bond donors (Lipinski definition) is 1. The topological polar surface area (TPSA) is 88.8 Å². The Balaban J connectivity index is 1.83. The standard InChI is InChI=1S/C17H20F3N5O3/c1-3-28-14(26)11-5-4-6-24(8-11)12-9-25-13(7-10(12)2)21-16(23-25)22-15(27)17(18,19)20/h7,9,11H,3-6,8H2,1-2H3,(H,22,23,27). The molecule has 1 fully saturated rings. The van der Waals surface area contributed by atoms with Gasteiger partial charge in [0.15, 0.2) is 5.65 Å². The molecule has 1 aliphatic heterocycles. The summed E-state index contributed by atoms with van der Waals surface area (Å²) >= 11 is 0. The lowest BCUT2D eigenvalue weighted by Crippen LogP contribution is -2.39. The molecule has 8 nitrogen and oxygen atoms in total. The third-order valence-corrected chi connectivity index (χ3v) is 4.52. The number of pyridine rings is 1. The maximum absolute atomic E-state index is 12.4. The first-order valence-corrected chi connectivity index (χ1v) is 8.85. The zero-order valence-electron chi connectivity index (χ0n) is 15.4. The maximum atomic E-state index is 12.4. The van der Waals surface area contributed by atoms with Gasteiger partial charge in [0.25, 0.3) is 0 Å². The van der Waals surface area contributed by atoms with E-state index in [0.29, 0.717) is 18.8 Å². The van der Waals surface area contributed by atoms with Crippen molar-refractivity contribution in [2.75, 3.05) is 29.9 Å². The van der Waals surface area contributed by atoms with Crippen LogP contribution in [0.4, 0.5) is 24.8 Å². The normalized spacial score (nSPS) is 17.6. The third-order valence-electron chi connectivity index (χ3n) is 4.52. The Kier molecular flexibility index (Phi) is 5.43. The van der Waals surface area contributed by atoms with Crippen molar-refractivity contribution < 1.29 is 27.5 Å². The van der Waals surface area contributed by atoms with Crippen molar-refractivity contribution in [1.82, 2.24) is 14.6 Å². The predicted molar refractivity (Wildman–Crippen MR) is 94.0 cm³/mol. The quantitative estimate of drug-likeness (QED) is 0.794. The van der Waals surface area contributed by atoms with Crippen LogP contribution in [0.25, 0.3) is 5.65 Å². The molecule has 1 unspecified atom stereocenters. The molecule has 2 aromatic rings. The largest absolute Gasteiger partial charge is 0.471 e. The highest BCUT2D eigenvalue weighted by Gasteiger charge is 2.39. The highest BCUT2D eigenvalue weighted by atomic mass is 19.4. The van der Waals surface area contributed by atoms with Crippen LogP contribution in [0.15, 0.2) is 12.3 Å². The molecule has 1 amide bonds. The number of carbonyl (C=O) groups excluding carboxylic acids is 2. The van der Waals surface area contributed by atoms with Crippen molar-refractivity contribution in [3.8, 4) is 0 Å². The van der Waals surface area contributed by atoms with Gasteiger partial charge in [-0.25, -0.2) is 4.52 Å². The second-order valence-electron chi connectivity index (χ2n) is 6.57. The molecule has 0 aromatic carbocycles. The lowest BCUT2D eigenvalue weighted by Gasteiger charge is -2.34. The first kappa shape index (κ1) is 19.9. The number of esters is 1. The number of nitrogens with zero attached hydrogens (tertiary/aromatic N) is 4. The summed E-state index contributed by atoms with van der Waals surface area (Å²) in [5.74, 6) is -3.03. The monoisotopic (exact) mass is 399 g/mol. The Bertz CT molecular complexity index is 896.